The molecule has 0 radical (unpaired) electrons. The van der Waals surface area contributed by atoms with Crippen molar-refractivity contribution in [2.24, 2.45) is 5.10 Å². The summed E-state index contributed by atoms with van der Waals surface area (Å²) in [6, 6.07) is 14.7. The molecule has 0 aromatic heterocycles. The third-order valence-electron chi connectivity index (χ3n) is 3.15. The third kappa shape index (κ3) is 2.86. The van der Waals surface area contributed by atoms with Crippen LogP contribution in [0.15, 0.2) is 53.6 Å². The summed E-state index contributed by atoms with van der Waals surface area (Å²) in [7, 11) is 0. The van der Waals surface area contributed by atoms with Gasteiger partial charge in [0, 0.05) is 5.56 Å². The van der Waals surface area contributed by atoms with Crippen LogP contribution in [0.5, 0.6) is 11.5 Å². The third-order valence-corrected chi connectivity index (χ3v) is 3.15. The van der Waals surface area contributed by atoms with Gasteiger partial charge in [-0.2, -0.15) is 5.10 Å². The van der Waals surface area contributed by atoms with Crippen molar-refractivity contribution in [3.63, 3.8) is 0 Å². The zero-order chi connectivity index (χ0) is 14.7. The van der Waals surface area contributed by atoms with Crippen LogP contribution >= 0.6 is 0 Å². The van der Waals surface area contributed by atoms with E-state index in [2.05, 4.69) is 10.5 Å². The predicted octanol–water partition coefficient (Wildman–Crippen LogP) is 2.57. The Balaban J connectivity index is 1.72. The molecule has 0 aliphatic carbocycles. The molecule has 2 aromatic rings. The molecule has 0 saturated heterocycles. The summed E-state index contributed by atoms with van der Waals surface area (Å²) >= 11 is 0. The summed E-state index contributed by atoms with van der Waals surface area (Å²) in [5.41, 5.74) is 4.72. The molecular weight excluding hydrogens is 268 g/mol. The minimum Gasteiger partial charge on any atom is -0.454 e. The van der Waals surface area contributed by atoms with Gasteiger partial charge in [-0.15, -0.1) is 0 Å². The minimum absolute atomic E-state index is 0.186. The average Bonchev–Trinajstić information content (AvgIpc) is 3.00. The fraction of sp³-hybridized carbons (Fsp3) is 0.125. The van der Waals surface area contributed by atoms with Gasteiger partial charge in [0.05, 0.1) is 5.71 Å². The summed E-state index contributed by atoms with van der Waals surface area (Å²) in [5.74, 6) is 0.936. The highest BCUT2D eigenvalue weighted by molar-refractivity contribution is 6.01. The SMILES string of the molecule is C/C(=N/NC(=O)c1ccc2c(c1)OCO2)c1ccccc1. The van der Waals surface area contributed by atoms with Crippen LogP contribution in [0, 0.1) is 0 Å². The normalized spacial score (nSPS) is 13.1. The number of fused-ring (bicyclic) bond motifs is 1. The van der Waals surface area contributed by atoms with Gasteiger partial charge in [-0.1, -0.05) is 30.3 Å². The van der Waals surface area contributed by atoms with E-state index in [1.54, 1.807) is 18.2 Å². The molecule has 1 aliphatic heterocycles. The van der Waals surface area contributed by atoms with E-state index >= 15 is 0 Å². The Labute approximate surface area is 122 Å². The van der Waals surface area contributed by atoms with Crippen LogP contribution in [0.1, 0.15) is 22.8 Å². The van der Waals surface area contributed by atoms with Gasteiger partial charge >= 0.3 is 0 Å². The topological polar surface area (TPSA) is 59.9 Å². The van der Waals surface area contributed by atoms with Crippen molar-refractivity contribution in [1.29, 1.82) is 0 Å². The number of hydrogen-bond donors (Lipinski definition) is 1. The van der Waals surface area contributed by atoms with Crippen molar-refractivity contribution in [3.8, 4) is 11.5 Å². The molecule has 1 amide bonds. The number of rotatable bonds is 3. The molecule has 0 bridgehead atoms. The maximum Gasteiger partial charge on any atom is 0.271 e. The lowest BCUT2D eigenvalue weighted by Crippen LogP contribution is -2.19. The van der Waals surface area contributed by atoms with E-state index in [1.165, 1.54) is 0 Å². The number of benzene rings is 2. The molecule has 106 valence electrons. The second-order valence-corrected chi connectivity index (χ2v) is 4.57. The van der Waals surface area contributed by atoms with Crippen LogP contribution in [0.2, 0.25) is 0 Å². The smallest absolute Gasteiger partial charge is 0.271 e. The first-order chi connectivity index (χ1) is 10.2. The summed E-state index contributed by atoms with van der Waals surface area (Å²) in [5, 5.41) is 4.11. The van der Waals surface area contributed by atoms with E-state index in [4.69, 9.17) is 9.47 Å². The molecule has 3 rings (SSSR count). The monoisotopic (exact) mass is 282 g/mol. The summed E-state index contributed by atoms with van der Waals surface area (Å²) < 4.78 is 10.5. The second-order valence-electron chi connectivity index (χ2n) is 4.57. The maximum atomic E-state index is 12.1. The molecule has 1 N–H and O–H groups in total. The number of hydrogen-bond acceptors (Lipinski definition) is 4. The van der Waals surface area contributed by atoms with Gasteiger partial charge in [0.15, 0.2) is 11.5 Å². The van der Waals surface area contributed by atoms with Gasteiger partial charge < -0.3 is 9.47 Å². The molecule has 2 aromatic carbocycles. The predicted molar refractivity (Wildman–Crippen MR) is 78.7 cm³/mol. The molecule has 0 unspecified atom stereocenters. The zero-order valence-electron chi connectivity index (χ0n) is 11.5. The number of hydrazone groups is 1. The van der Waals surface area contributed by atoms with Crippen LogP contribution in [-0.2, 0) is 0 Å². The quantitative estimate of drug-likeness (QED) is 0.695. The highest BCUT2D eigenvalue weighted by Gasteiger charge is 2.15. The first kappa shape index (κ1) is 13.2. The number of nitrogens with one attached hydrogen (secondary N) is 1. The van der Waals surface area contributed by atoms with Gasteiger partial charge in [0.1, 0.15) is 0 Å². The number of ether oxygens (including phenoxy) is 2. The van der Waals surface area contributed by atoms with Crippen molar-refractivity contribution in [3.05, 3.63) is 59.7 Å². The molecule has 5 nitrogen and oxygen atoms in total. The van der Waals surface area contributed by atoms with Crippen molar-refractivity contribution < 1.29 is 14.3 Å². The van der Waals surface area contributed by atoms with Crippen LogP contribution in [-0.4, -0.2) is 18.4 Å². The zero-order valence-corrected chi connectivity index (χ0v) is 11.5. The van der Waals surface area contributed by atoms with E-state index in [0.717, 1.165) is 11.3 Å². The standard InChI is InChI=1S/C16H14N2O3/c1-11(12-5-3-2-4-6-12)17-18-16(19)13-7-8-14-15(9-13)21-10-20-14/h2-9H,10H2,1H3,(H,18,19)/b17-11-. The van der Waals surface area contributed by atoms with E-state index in [9.17, 15) is 4.79 Å². The van der Waals surface area contributed by atoms with E-state index in [0.29, 0.717) is 17.1 Å². The van der Waals surface area contributed by atoms with Crippen molar-refractivity contribution in [1.82, 2.24) is 5.43 Å². The summed E-state index contributed by atoms with van der Waals surface area (Å²) in [6.45, 7) is 2.03. The number of carbonyl (C=O) groups excluding carboxylic acids is 1. The van der Waals surface area contributed by atoms with Gasteiger partial charge in [0.25, 0.3) is 5.91 Å². The molecule has 21 heavy (non-hydrogen) atoms. The first-order valence-electron chi connectivity index (χ1n) is 6.54. The lowest BCUT2D eigenvalue weighted by molar-refractivity contribution is 0.0954. The maximum absolute atomic E-state index is 12.1. The van der Waals surface area contributed by atoms with Gasteiger partial charge in [-0.3, -0.25) is 4.79 Å². The highest BCUT2D eigenvalue weighted by atomic mass is 16.7. The Morgan fingerprint density at radius 3 is 2.62 bits per heavy atom. The Morgan fingerprint density at radius 2 is 1.81 bits per heavy atom. The average molecular weight is 282 g/mol. The number of nitrogens with zero attached hydrogens (tertiary/aromatic N) is 1. The van der Waals surface area contributed by atoms with E-state index in [1.807, 2.05) is 37.3 Å². The van der Waals surface area contributed by atoms with Gasteiger partial charge in [-0.25, -0.2) is 5.43 Å². The molecule has 0 atom stereocenters. The highest BCUT2D eigenvalue weighted by Crippen LogP contribution is 2.32. The Kier molecular flexibility index (Phi) is 3.55. The second kappa shape index (κ2) is 5.66. The largest absolute Gasteiger partial charge is 0.454 e. The lowest BCUT2D eigenvalue weighted by atomic mass is 10.1. The van der Waals surface area contributed by atoms with Crippen molar-refractivity contribution in [2.75, 3.05) is 6.79 Å². The minimum atomic E-state index is -0.288. The van der Waals surface area contributed by atoms with Crippen LogP contribution in [0.25, 0.3) is 0 Å². The van der Waals surface area contributed by atoms with E-state index in [-0.39, 0.29) is 12.7 Å². The van der Waals surface area contributed by atoms with Crippen molar-refractivity contribution in [2.45, 2.75) is 6.92 Å². The molecule has 0 saturated carbocycles. The van der Waals surface area contributed by atoms with Crippen molar-refractivity contribution >= 4 is 11.6 Å². The van der Waals surface area contributed by atoms with Gasteiger partial charge in [0.2, 0.25) is 6.79 Å². The van der Waals surface area contributed by atoms with Crippen LogP contribution < -0.4 is 14.9 Å². The Hall–Kier alpha value is -2.82. The van der Waals surface area contributed by atoms with E-state index < -0.39 is 0 Å². The molecular formula is C16H14N2O3. The van der Waals surface area contributed by atoms with Gasteiger partial charge in [-0.05, 0) is 30.7 Å². The van der Waals surface area contributed by atoms with Crippen LogP contribution in [0.3, 0.4) is 0 Å². The van der Waals surface area contributed by atoms with Crippen LogP contribution in [0.4, 0.5) is 0 Å². The Bertz CT molecular complexity index is 696. The molecule has 1 aliphatic rings. The Morgan fingerprint density at radius 1 is 1.05 bits per heavy atom. The molecule has 0 spiro atoms. The number of carbonyl (C=O) groups is 1. The molecule has 0 fully saturated rings. The summed E-state index contributed by atoms with van der Waals surface area (Å²) in [6.07, 6.45) is 0. The fourth-order valence-electron chi connectivity index (χ4n) is 1.98. The lowest BCUT2D eigenvalue weighted by Gasteiger charge is -2.04. The molecule has 1 heterocycles. The summed E-state index contributed by atoms with van der Waals surface area (Å²) in [4.78, 5) is 12.1. The molecule has 5 heteroatoms. The first-order valence-corrected chi connectivity index (χ1v) is 6.54. The fourth-order valence-corrected chi connectivity index (χ4v) is 1.98. The number of amides is 1.